The van der Waals surface area contributed by atoms with E-state index in [4.69, 9.17) is 4.74 Å². The van der Waals surface area contributed by atoms with E-state index in [1.807, 2.05) is 17.5 Å². The van der Waals surface area contributed by atoms with E-state index in [0.717, 1.165) is 42.3 Å². The van der Waals surface area contributed by atoms with Crippen molar-refractivity contribution in [3.8, 4) is 5.75 Å². The SMILES string of the molecule is O=C(NCCc1csc(N2CCCC2)n1)C(=O)Nc1cccc2c1OCCC2. The van der Waals surface area contributed by atoms with Crippen molar-refractivity contribution in [3.63, 3.8) is 0 Å². The molecule has 2 aromatic rings. The van der Waals surface area contributed by atoms with Crippen LogP contribution in [0.15, 0.2) is 23.6 Å². The van der Waals surface area contributed by atoms with Crippen LogP contribution in [0.25, 0.3) is 0 Å². The van der Waals surface area contributed by atoms with Crippen molar-refractivity contribution in [2.45, 2.75) is 32.1 Å². The van der Waals surface area contributed by atoms with Gasteiger partial charge in [0, 0.05) is 31.4 Å². The summed E-state index contributed by atoms with van der Waals surface area (Å²) in [4.78, 5) is 31.3. The van der Waals surface area contributed by atoms with Crippen LogP contribution in [0.2, 0.25) is 0 Å². The number of anilines is 2. The van der Waals surface area contributed by atoms with Gasteiger partial charge in [0.2, 0.25) is 0 Å². The number of benzene rings is 1. The lowest BCUT2D eigenvalue weighted by atomic mass is 10.1. The second kappa shape index (κ2) is 8.60. The van der Waals surface area contributed by atoms with E-state index in [1.165, 1.54) is 12.8 Å². The van der Waals surface area contributed by atoms with Gasteiger partial charge >= 0.3 is 11.8 Å². The number of nitrogens with zero attached hydrogens (tertiary/aromatic N) is 2. The lowest BCUT2D eigenvalue weighted by Crippen LogP contribution is -2.36. The number of carbonyl (C=O) groups is 2. The third kappa shape index (κ3) is 4.27. The highest BCUT2D eigenvalue weighted by Gasteiger charge is 2.20. The van der Waals surface area contributed by atoms with E-state index in [0.29, 0.717) is 31.0 Å². The molecule has 148 valence electrons. The van der Waals surface area contributed by atoms with Crippen molar-refractivity contribution < 1.29 is 14.3 Å². The summed E-state index contributed by atoms with van der Waals surface area (Å²) in [5, 5.41) is 8.40. The number of aryl methyl sites for hydroxylation is 1. The van der Waals surface area contributed by atoms with E-state index in [9.17, 15) is 9.59 Å². The molecule has 2 aliphatic rings. The van der Waals surface area contributed by atoms with Gasteiger partial charge in [0.15, 0.2) is 5.13 Å². The molecule has 0 aliphatic carbocycles. The third-order valence-corrected chi connectivity index (χ3v) is 5.92. The summed E-state index contributed by atoms with van der Waals surface area (Å²) in [5.74, 6) is -0.658. The van der Waals surface area contributed by atoms with Gasteiger partial charge in [0.25, 0.3) is 0 Å². The maximum absolute atomic E-state index is 12.2. The Morgan fingerprint density at radius 2 is 2.04 bits per heavy atom. The first-order chi connectivity index (χ1) is 13.7. The Kier molecular flexibility index (Phi) is 5.76. The minimum Gasteiger partial charge on any atom is -0.491 e. The van der Waals surface area contributed by atoms with Crippen molar-refractivity contribution >= 4 is 34.0 Å². The first-order valence-corrected chi connectivity index (χ1v) is 10.6. The summed E-state index contributed by atoms with van der Waals surface area (Å²) in [6.45, 7) is 3.13. The van der Waals surface area contributed by atoms with Gasteiger partial charge in [-0.25, -0.2) is 4.98 Å². The number of rotatable bonds is 5. The van der Waals surface area contributed by atoms with Gasteiger partial charge in [0.05, 0.1) is 18.0 Å². The Hall–Kier alpha value is -2.61. The lowest BCUT2D eigenvalue weighted by Gasteiger charge is -2.20. The van der Waals surface area contributed by atoms with Crippen molar-refractivity contribution in [1.82, 2.24) is 10.3 Å². The molecule has 0 spiro atoms. The first kappa shape index (κ1) is 18.7. The van der Waals surface area contributed by atoms with Gasteiger partial charge in [-0.15, -0.1) is 11.3 Å². The Labute approximate surface area is 168 Å². The molecule has 28 heavy (non-hydrogen) atoms. The topological polar surface area (TPSA) is 83.6 Å². The molecule has 8 heteroatoms. The summed E-state index contributed by atoms with van der Waals surface area (Å²) in [5.41, 5.74) is 2.55. The average molecular weight is 401 g/mol. The van der Waals surface area contributed by atoms with Crippen LogP contribution in [0, 0.1) is 0 Å². The second-order valence-corrected chi connectivity index (χ2v) is 7.86. The van der Waals surface area contributed by atoms with Gasteiger partial charge in [-0.1, -0.05) is 12.1 Å². The fraction of sp³-hybridized carbons (Fsp3) is 0.450. The second-order valence-electron chi connectivity index (χ2n) is 7.02. The standard InChI is InChI=1S/C20H24N4O3S/c25-18(19(26)23-16-7-3-5-14-6-4-12-27-17(14)16)21-9-8-15-13-28-20(22-15)24-10-1-2-11-24/h3,5,7,13H,1-2,4,6,8-12H2,(H,21,25)(H,23,26). The monoisotopic (exact) mass is 400 g/mol. The smallest absolute Gasteiger partial charge is 0.313 e. The highest BCUT2D eigenvalue weighted by atomic mass is 32.1. The van der Waals surface area contributed by atoms with Crippen LogP contribution in [0.4, 0.5) is 10.8 Å². The molecule has 3 heterocycles. The number of amides is 2. The lowest BCUT2D eigenvalue weighted by molar-refractivity contribution is -0.136. The van der Waals surface area contributed by atoms with E-state index >= 15 is 0 Å². The minimum absolute atomic E-state index is 0.374. The largest absolute Gasteiger partial charge is 0.491 e. The maximum Gasteiger partial charge on any atom is 0.313 e. The number of thiazole rings is 1. The molecule has 2 aliphatic heterocycles. The maximum atomic E-state index is 12.2. The fourth-order valence-electron chi connectivity index (χ4n) is 3.52. The summed E-state index contributed by atoms with van der Waals surface area (Å²) < 4.78 is 5.66. The number of nitrogens with one attached hydrogen (secondary N) is 2. The van der Waals surface area contributed by atoms with Crippen molar-refractivity contribution in [1.29, 1.82) is 0 Å². The number of aromatic nitrogens is 1. The predicted molar refractivity (Wildman–Crippen MR) is 109 cm³/mol. The predicted octanol–water partition coefficient (Wildman–Crippen LogP) is 2.37. The Morgan fingerprint density at radius 1 is 1.18 bits per heavy atom. The molecule has 1 saturated heterocycles. The molecule has 0 atom stereocenters. The van der Waals surface area contributed by atoms with Crippen LogP contribution in [0.5, 0.6) is 5.75 Å². The van der Waals surface area contributed by atoms with Gasteiger partial charge in [-0.2, -0.15) is 0 Å². The molecule has 0 bridgehead atoms. The number of carbonyl (C=O) groups excluding carboxylic acids is 2. The molecule has 0 unspecified atom stereocenters. The number of hydrogen-bond donors (Lipinski definition) is 2. The fourth-order valence-corrected chi connectivity index (χ4v) is 4.43. The van der Waals surface area contributed by atoms with Crippen LogP contribution >= 0.6 is 11.3 Å². The number of fused-ring (bicyclic) bond motifs is 1. The molecule has 4 rings (SSSR count). The third-order valence-electron chi connectivity index (χ3n) is 4.97. The molecule has 2 N–H and O–H groups in total. The van der Waals surface area contributed by atoms with Crippen molar-refractivity contribution in [3.05, 3.63) is 34.8 Å². The van der Waals surface area contributed by atoms with Gasteiger partial charge < -0.3 is 20.3 Å². The highest BCUT2D eigenvalue weighted by molar-refractivity contribution is 7.13. The van der Waals surface area contributed by atoms with Crippen molar-refractivity contribution in [2.75, 3.05) is 36.5 Å². The van der Waals surface area contributed by atoms with Crippen molar-refractivity contribution in [2.24, 2.45) is 0 Å². The van der Waals surface area contributed by atoms with Crippen LogP contribution in [-0.2, 0) is 22.4 Å². The molecule has 1 aromatic carbocycles. The molecule has 7 nitrogen and oxygen atoms in total. The molecular formula is C20H24N4O3S. The zero-order chi connectivity index (χ0) is 19.3. The molecule has 0 radical (unpaired) electrons. The van der Waals surface area contributed by atoms with Gasteiger partial charge in [0.1, 0.15) is 5.75 Å². The Bertz CT molecular complexity index is 861. The quantitative estimate of drug-likeness (QED) is 0.753. The first-order valence-electron chi connectivity index (χ1n) is 9.74. The minimum atomic E-state index is -0.682. The summed E-state index contributed by atoms with van der Waals surface area (Å²) in [6.07, 6.45) is 4.91. The van der Waals surface area contributed by atoms with Crippen LogP contribution in [-0.4, -0.2) is 43.0 Å². The highest BCUT2D eigenvalue weighted by Crippen LogP contribution is 2.32. The van der Waals surface area contributed by atoms with Crippen LogP contribution in [0.1, 0.15) is 30.5 Å². The molecule has 1 aromatic heterocycles. The molecule has 1 fully saturated rings. The Balaban J connectivity index is 1.27. The average Bonchev–Trinajstić information content (AvgIpc) is 3.40. The summed E-state index contributed by atoms with van der Waals surface area (Å²) in [6, 6.07) is 5.60. The number of ether oxygens (including phenoxy) is 1. The van der Waals surface area contributed by atoms with E-state index in [1.54, 1.807) is 17.4 Å². The summed E-state index contributed by atoms with van der Waals surface area (Å²) in [7, 11) is 0. The van der Waals surface area contributed by atoms with E-state index in [2.05, 4.69) is 20.5 Å². The molecule has 2 amide bonds. The normalized spacial score (nSPS) is 15.6. The Morgan fingerprint density at radius 3 is 2.89 bits per heavy atom. The molecule has 0 saturated carbocycles. The molecular weight excluding hydrogens is 376 g/mol. The van der Waals surface area contributed by atoms with Gasteiger partial charge in [-0.05, 0) is 37.3 Å². The zero-order valence-corrected chi connectivity index (χ0v) is 16.5. The van der Waals surface area contributed by atoms with Gasteiger partial charge in [-0.3, -0.25) is 9.59 Å². The van der Waals surface area contributed by atoms with E-state index < -0.39 is 11.8 Å². The summed E-state index contributed by atoms with van der Waals surface area (Å²) >= 11 is 1.64. The van der Waals surface area contributed by atoms with E-state index in [-0.39, 0.29) is 0 Å². The number of hydrogen-bond acceptors (Lipinski definition) is 6. The number of para-hydroxylation sites is 1. The van der Waals surface area contributed by atoms with Crippen LogP contribution < -0.4 is 20.3 Å². The van der Waals surface area contributed by atoms with Crippen LogP contribution in [0.3, 0.4) is 0 Å². The zero-order valence-electron chi connectivity index (χ0n) is 15.7.